The first-order valence-electron chi connectivity index (χ1n) is 21.3. The summed E-state index contributed by atoms with van der Waals surface area (Å²) in [6.45, 7) is 4.71. The molecule has 0 saturated carbocycles. The molecule has 9 aromatic carbocycles. The highest BCUT2D eigenvalue weighted by molar-refractivity contribution is 7.25. The van der Waals surface area contributed by atoms with Crippen molar-refractivity contribution in [3.05, 3.63) is 217 Å². The molecule has 0 bridgehead atoms. The average Bonchev–Trinajstić information content (AvgIpc) is 3.82. The van der Waals surface area contributed by atoms with E-state index in [1.54, 1.807) is 0 Å². The monoisotopic (exact) mass is 808 g/mol. The van der Waals surface area contributed by atoms with E-state index in [2.05, 4.69) is 214 Å². The van der Waals surface area contributed by atoms with Gasteiger partial charge in [0.15, 0.2) is 5.82 Å². The number of fused-ring (bicyclic) bond motifs is 7. The summed E-state index contributed by atoms with van der Waals surface area (Å²) in [5, 5.41) is 5.03. The number of thiophene rings is 1. The zero-order chi connectivity index (χ0) is 41.4. The van der Waals surface area contributed by atoms with Crippen LogP contribution in [0.5, 0.6) is 0 Å². The van der Waals surface area contributed by atoms with Gasteiger partial charge in [-0.2, -0.15) is 0 Å². The number of aromatic nitrogens is 2. The lowest BCUT2D eigenvalue weighted by Gasteiger charge is -2.22. The molecule has 0 aliphatic heterocycles. The molecule has 0 radical (unpaired) electrons. The third kappa shape index (κ3) is 6.00. The third-order valence-corrected chi connectivity index (χ3v) is 14.0. The molecule has 0 spiro atoms. The fraction of sp³-hybridized carbons (Fsp3) is 0.0508. The quantitative estimate of drug-likeness (QED) is 0.167. The van der Waals surface area contributed by atoms with E-state index in [4.69, 9.17) is 9.97 Å². The lowest BCUT2D eigenvalue weighted by Crippen LogP contribution is -2.15. The summed E-state index contributed by atoms with van der Waals surface area (Å²) >= 11 is 1.85. The predicted octanol–water partition coefficient (Wildman–Crippen LogP) is 16.3. The maximum Gasteiger partial charge on any atom is 0.160 e. The van der Waals surface area contributed by atoms with Crippen molar-refractivity contribution >= 4 is 42.3 Å². The molecule has 2 aromatic heterocycles. The minimum Gasteiger partial charge on any atom is -0.228 e. The van der Waals surface area contributed by atoms with Crippen molar-refractivity contribution in [2.24, 2.45) is 0 Å². The van der Waals surface area contributed by atoms with Crippen molar-refractivity contribution in [1.29, 1.82) is 0 Å². The summed E-state index contributed by atoms with van der Waals surface area (Å²) in [6.07, 6.45) is 0. The first kappa shape index (κ1) is 36.4. The van der Waals surface area contributed by atoms with Crippen molar-refractivity contribution in [1.82, 2.24) is 9.97 Å². The van der Waals surface area contributed by atoms with Gasteiger partial charge in [-0.25, -0.2) is 9.97 Å². The van der Waals surface area contributed by atoms with Crippen molar-refractivity contribution < 1.29 is 0 Å². The van der Waals surface area contributed by atoms with E-state index >= 15 is 0 Å². The van der Waals surface area contributed by atoms with Gasteiger partial charge in [0.1, 0.15) is 0 Å². The Bertz CT molecular complexity index is 3540. The second-order valence-electron chi connectivity index (χ2n) is 16.9. The number of hydrogen-bond acceptors (Lipinski definition) is 3. The molecule has 62 heavy (non-hydrogen) atoms. The van der Waals surface area contributed by atoms with Gasteiger partial charge in [-0.1, -0.05) is 172 Å². The van der Waals surface area contributed by atoms with Crippen LogP contribution >= 0.6 is 11.3 Å². The number of rotatable bonds is 6. The molecule has 11 aromatic rings. The molecule has 0 unspecified atom stereocenters. The van der Waals surface area contributed by atoms with Gasteiger partial charge < -0.3 is 0 Å². The number of benzene rings is 9. The fourth-order valence-corrected chi connectivity index (χ4v) is 10.8. The molecule has 3 heteroatoms. The standard InChI is InChI=1S/C59H40N2S/c1-59(2)51-25-14-24-47(38-15-5-3-6-16-38)57(51)49-29-27-41(35-52(49)59)53-36-54(61-58(60-53)39-18-7-4-8-19-39)44-32-42(31-43(33-44)46-23-13-20-37-17-9-10-21-45(37)46)40-28-30-56-50(34-40)48-22-11-12-26-55(48)62-56/h3-36H,1-2H3. The summed E-state index contributed by atoms with van der Waals surface area (Å²) in [4.78, 5) is 10.7. The summed E-state index contributed by atoms with van der Waals surface area (Å²) in [5.74, 6) is 0.704. The van der Waals surface area contributed by atoms with Crippen LogP contribution in [0.2, 0.25) is 0 Å². The topological polar surface area (TPSA) is 25.8 Å². The van der Waals surface area contributed by atoms with Crippen LogP contribution in [0.25, 0.3) is 109 Å². The number of nitrogens with zero attached hydrogens (tertiary/aromatic N) is 2. The lowest BCUT2D eigenvalue weighted by molar-refractivity contribution is 0.660. The van der Waals surface area contributed by atoms with E-state index in [9.17, 15) is 0 Å². The largest absolute Gasteiger partial charge is 0.228 e. The average molecular weight is 809 g/mol. The Kier molecular flexibility index (Phi) is 8.41. The lowest BCUT2D eigenvalue weighted by atomic mass is 9.81. The van der Waals surface area contributed by atoms with Crippen molar-refractivity contribution in [3.63, 3.8) is 0 Å². The van der Waals surface area contributed by atoms with E-state index in [-0.39, 0.29) is 5.41 Å². The highest BCUT2D eigenvalue weighted by atomic mass is 32.1. The second-order valence-corrected chi connectivity index (χ2v) is 18.0. The van der Waals surface area contributed by atoms with Gasteiger partial charge in [0.25, 0.3) is 0 Å². The van der Waals surface area contributed by atoms with Crippen LogP contribution in [0, 0.1) is 0 Å². The fourth-order valence-electron chi connectivity index (χ4n) is 9.75. The van der Waals surface area contributed by atoms with Gasteiger partial charge in [0, 0.05) is 42.3 Å². The first-order chi connectivity index (χ1) is 30.5. The zero-order valence-corrected chi connectivity index (χ0v) is 35.2. The number of hydrogen-bond donors (Lipinski definition) is 0. The van der Waals surface area contributed by atoms with Gasteiger partial charge in [-0.3, -0.25) is 0 Å². The van der Waals surface area contributed by atoms with Crippen LogP contribution in [0.15, 0.2) is 206 Å². The molecule has 0 atom stereocenters. The van der Waals surface area contributed by atoms with E-state index in [1.165, 1.54) is 75.5 Å². The Morgan fingerprint density at radius 3 is 1.82 bits per heavy atom. The maximum absolute atomic E-state index is 5.38. The molecule has 0 N–H and O–H groups in total. The minimum absolute atomic E-state index is 0.194. The predicted molar refractivity (Wildman–Crippen MR) is 263 cm³/mol. The molecule has 2 nitrogen and oxygen atoms in total. The van der Waals surface area contributed by atoms with Crippen LogP contribution in [0.4, 0.5) is 0 Å². The van der Waals surface area contributed by atoms with E-state index < -0.39 is 0 Å². The summed E-state index contributed by atoms with van der Waals surface area (Å²) < 4.78 is 2.60. The molecule has 0 amide bonds. The van der Waals surface area contributed by atoms with Gasteiger partial charge in [0.05, 0.1) is 11.4 Å². The van der Waals surface area contributed by atoms with Crippen LogP contribution < -0.4 is 0 Å². The zero-order valence-electron chi connectivity index (χ0n) is 34.4. The molecule has 1 aliphatic rings. The molecule has 0 saturated heterocycles. The SMILES string of the molecule is CC1(C)c2cc(-c3cc(-c4cc(-c5ccc6sc7ccccc7c6c5)cc(-c5cccc6ccccc56)c4)nc(-c4ccccc4)n3)ccc2-c2c(-c3ccccc3)cccc21. The normalized spacial score (nSPS) is 12.8. The Morgan fingerprint density at radius 2 is 0.984 bits per heavy atom. The van der Waals surface area contributed by atoms with Crippen molar-refractivity contribution in [3.8, 4) is 78.4 Å². The van der Waals surface area contributed by atoms with Gasteiger partial charge >= 0.3 is 0 Å². The molecular formula is C59H40N2S. The van der Waals surface area contributed by atoms with Crippen LogP contribution in [-0.4, -0.2) is 9.97 Å². The van der Waals surface area contributed by atoms with Crippen molar-refractivity contribution in [2.45, 2.75) is 19.3 Å². The molecule has 1 aliphatic carbocycles. The van der Waals surface area contributed by atoms with Crippen LogP contribution in [-0.2, 0) is 5.41 Å². The smallest absolute Gasteiger partial charge is 0.160 e. The summed E-state index contributed by atoms with van der Waals surface area (Å²) in [6, 6.07) is 75.0. The summed E-state index contributed by atoms with van der Waals surface area (Å²) in [7, 11) is 0. The molecular weight excluding hydrogens is 769 g/mol. The van der Waals surface area contributed by atoms with Crippen molar-refractivity contribution in [2.75, 3.05) is 0 Å². The van der Waals surface area contributed by atoms with E-state index in [0.717, 1.165) is 39.2 Å². The molecule has 2 heterocycles. The minimum atomic E-state index is -0.194. The van der Waals surface area contributed by atoms with E-state index in [0.29, 0.717) is 5.82 Å². The third-order valence-electron chi connectivity index (χ3n) is 12.9. The Balaban J connectivity index is 1.06. The molecule has 12 rings (SSSR count). The Hall–Kier alpha value is -7.46. The highest BCUT2D eigenvalue weighted by Gasteiger charge is 2.37. The van der Waals surface area contributed by atoms with Gasteiger partial charge in [0.2, 0.25) is 0 Å². The van der Waals surface area contributed by atoms with Gasteiger partial charge in [-0.15, -0.1) is 11.3 Å². The highest BCUT2D eigenvalue weighted by Crippen LogP contribution is 2.53. The van der Waals surface area contributed by atoms with Gasteiger partial charge in [-0.05, 0) is 115 Å². The van der Waals surface area contributed by atoms with Crippen LogP contribution in [0.1, 0.15) is 25.0 Å². The molecule has 0 fully saturated rings. The molecule has 292 valence electrons. The maximum atomic E-state index is 5.38. The summed E-state index contributed by atoms with van der Waals surface area (Å²) in [5.41, 5.74) is 17.1. The Morgan fingerprint density at radius 1 is 0.355 bits per heavy atom. The van der Waals surface area contributed by atoms with Crippen LogP contribution in [0.3, 0.4) is 0 Å². The Labute approximate surface area is 365 Å². The first-order valence-corrected chi connectivity index (χ1v) is 22.1. The van der Waals surface area contributed by atoms with E-state index in [1.807, 2.05) is 17.4 Å². The second kappa shape index (κ2) is 14.3.